The minimum absolute atomic E-state index is 0.668. The molecule has 3 rings (SSSR count). The summed E-state index contributed by atoms with van der Waals surface area (Å²) < 4.78 is 2.10. The number of carbonyl (C=O) groups excluding carboxylic acids is 1. The van der Waals surface area contributed by atoms with Crippen LogP contribution in [-0.2, 0) is 12.8 Å². The van der Waals surface area contributed by atoms with Gasteiger partial charge < -0.3 is 10.3 Å². The van der Waals surface area contributed by atoms with E-state index in [1.54, 1.807) is 6.21 Å². The molecule has 0 spiro atoms. The number of para-hydroxylation sites is 1. The number of aromatic nitrogens is 1. The highest BCUT2D eigenvalue weighted by molar-refractivity contribution is 5.83. The molecule has 2 amide bonds. The fraction of sp³-hybridized carbons (Fsp3) is 0.176. The zero-order valence-electron chi connectivity index (χ0n) is 12.4. The van der Waals surface area contributed by atoms with Crippen molar-refractivity contribution >= 4 is 12.2 Å². The van der Waals surface area contributed by atoms with Crippen molar-refractivity contribution in [1.29, 1.82) is 0 Å². The van der Waals surface area contributed by atoms with Gasteiger partial charge in [-0.15, -0.1) is 0 Å². The maximum absolute atomic E-state index is 10.8. The number of rotatable bonds is 3. The largest absolute Gasteiger partial charge is 0.350 e. The minimum atomic E-state index is -0.668. The van der Waals surface area contributed by atoms with E-state index in [-0.39, 0.29) is 0 Å². The van der Waals surface area contributed by atoms with Gasteiger partial charge >= 0.3 is 6.03 Å². The lowest BCUT2D eigenvalue weighted by Crippen LogP contribution is -2.24. The standard InChI is InChI=1S/C17H18N4O/c1-12-7-8-15-13(9-12)11-21(14-5-3-2-4-6-14)16(15)10-19-20-17(18)22/h2-7,10-11H,8-9H2,1H3,(H3,18,20,22)/b19-10-. The molecule has 0 fully saturated rings. The minimum Gasteiger partial charge on any atom is -0.350 e. The molecule has 1 aliphatic carbocycles. The van der Waals surface area contributed by atoms with Gasteiger partial charge in [-0.05, 0) is 43.0 Å². The van der Waals surface area contributed by atoms with Crippen LogP contribution in [0.15, 0.2) is 53.3 Å². The second kappa shape index (κ2) is 5.89. The molecular weight excluding hydrogens is 276 g/mol. The first-order valence-electron chi connectivity index (χ1n) is 7.18. The maximum atomic E-state index is 10.8. The van der Waals surface area contributed by atoms with Crippen molar-refractivity contribution in [1.82, 2.24) is 9.99 Å². The number of nitrogens with one attached hydrogen (secondary N) is 1. The van der Waals surface area contributed by atoms with Crippen molar-refractivity contribution in [3.63, 3.8) is 0 Å². The normalized spacial score (nSPS) is 13.8. The molecule has 5 heteroatoms. The monoisotopic (exact) mass is 294 g/mol. The van der Waals surface area contributed by atoms with Gasteiger partial charge in [-0.2, -0.15) is 5.10 Å². The Morgan fingerprint density at radius 3 is 2.86 bits per heavy atom. The number of nitrogens with two attached hydrogens (primary N) is 1. The number of nitrogens with zero attached hydrogens (tertiary/aromatic N) is 2. The fourth-order valence-electron chi connectivity index (χ4n) is 2.75. The molecule has 0 saturated carbocycles. The molecule has 112 valence electrons. The third-order valence-corrected chi connectivity index (χ3v) is 3.76. The van der Waals surface area contributed by atoms with E-state index in [1.165, 1.54) is 16.7 Å². The predicted molar refractivity (Wildman–Crippen MR) is 87.2 cm³/mol. The van der Waals surface area contributed by atoms with Crippen molar-refractivity contribution in [2.24, 2.45) is 10.8 Å². The van der Waals surface area contributed by atoms with Gasteiger partial charge in [-0.1, -0.05) is 29.8 Å². The van der Waals surface area contributed by atoms with E-state index in [0.717, 1.165) is 24.2 Å². The quantitative estimate of drug-likeness (QED) is 0.509. The Kier molecular flexibility index (Phi) is 3.78. The zero-order valence-corrected chi connectivity index (χ0v) is 12.4. The molecule has 1 heterocycles. The molecule has 3 N–H and O–H groups in total. The van der Waals surface area contributed by atoms with Crippen LogP contribution in [0.1, 0.15) is 23.7 Å². The van der Waals surface area contributed by atoms with Gasteiger partial charge in [0.1, 0.15) is 0 Å². The number of fused-ring (bicyclic) bond motifs is 1. The first kappa shape index (κ1) is 14.1. The van der Waals surface area contributed by atoms with Crippen molar-refractivity contribution < 1.29 is 4.79 Å². The van der Waals surface area contributed by atoms with Crippen LogP contribution >= 0.6 is 0 Å². The number of hydrazone groups is 1. The maximum Gasteiger partial charge on any atom is 0.332 e. The van der Waals surface area contributed by atoms with Crippen LogP contribution in [0.2, 0.25) is 0 Å². The Hall–Kier alpha value is -2.82. The molecule has 0 aliphatic heterocycles. The van der Waals surface area contributed by atoms with Gasteiger partial charge in [0.2, 0.25) is 0 Å². The molecule has 0 radical (unpaired) electrons. The van der Waals surface area contributed by atoms with Gasteiger partial charge in [0.15, 0.2) is 0 Å². The molecule has 0 bridgehead atoms. The summed E-state index contributed by atoms with van der Waals surface area (Å²) in [6.45, 7) is 2.14. The number of primary amides is 1. The highest BCUT2D eigenvalue weighted by atomic mass is 16.2. The third-order valence-electron chi connectivity index (χ3n) is 3.76. The highest BCUT2D eigenvalue weighted by Gasteiger charge is 2.18. The first-order chi connectivity index (χ1) is 10.6. The number of carbonyl (C=O) groups is 1. The van der Waals surface area contributed by atoms with Crippen LogP contribution < -0.4 is 11.2 Å². The zero-order chi connectivity index (χ0) is 15.5. The Balaban J connectivity index is 2.05. The number of hydrogen-bond donors (Lipinski definition) is 2. The predicted octanol–water partition coefficient (Wildman–Crippen LogP) is 2.52. The van der Waals surface area contributed by atoms with Gasteiger partial charge in [-0.3, -0.25) is 0 Å². The van der Waals surface area contributed by atoms with Crippen molar-refractivity contribution in [2.45, 2.75) is 19.8 Å². The van der Waals surface area contributed by atoms with E-state index in [2.05, 4.69) is 34.3 Å². The first-order valence-corrected chi connectivity index (χ1v) is 7.18. The third kappa shape index (κ3) is 2.79. The van der Waals surface area contributed by atoms with E-state index in [0.29, 0.717) is 0 Å². The van der Waals surface area contributed by atoms with E-state index >= 15 is 0 Å². The van der Waals surface area contributed by atoms with Crippen molar-refractivity contribution in [3.05, 3.63) is 65.0 Å². The summed E-state index contributed by atoms with van der Waals surface area (Å²) >= 11 is 0. The van der Waals surface area contributed by atoms with Gasteiger partial charge in [0.05, 0.1) is 11.9 Å². The van der Waals surface area contributed by atoms with Gasteiger partial charge in [-0.25, -0.2) is 10.2 Å². The van der Waals surface area contributed by atoms with Crippen molar-refractivity contribution in [2.75, 3.05) is 0 Å². The van der Waals surface area contributed by atoms with E-state index in [4.69, 9.17) is 5.73 Å². The highest BCUT2D eigenvalue weighted by Crippen LogP contribution is 2.27. The van der Waals surface area contributed by atoms with Crippen LogP contribution in [-0.4, -0.2) is 16.8 Å². The average molecular weight is 294 g/mol. The van der Waals surface area contributed by atoms with E-state index < -0.39 is 6.03 Å². The van der Waals surface area contributed by atoms with Crippen molar-refractivity contribution in [3.8, 4) is 5.69 Å². The summed E-state index contributed by atoms with van der Waals surface area (Å²) in [5, 5.41) is 3.94. The lowest BCUT2D eigenvalue weighted by atomic mass is 9.95. The molecule has 2 aromatic rings. The van der Waals surface area contributed by atoms with Gasteiger partial charge in [0, 0.05) is 11.9 Å². The smallest absolute Gasteiger partial charge is 0.332 e. The lowest BCUT2D eigenvalue weighted by molar-refractivity contribution is 0.249. The van der Waals surface area contributed by atoms with E-state index in [1.807, 2.05) is 30.3 Å². The van der Waals surface area contributed by atoms with Gasteiger partial charge in [0.25, 0.3) is 0 Å². The molecule has 22 heavy (non-hydrogen) atoms. The molecule has 1 aliphatic rings. The lowest BCUT2D eigenvalue weighted by Gasteiger charge is -2.10. The topological polar surface area (TPSA) is 72.4 Å². The van der Waals surface area contributed by atoms with Crippen LogP contribution in [0.4, 0.5) is 4.79 Å². The SMILES string of the molecule is CC1=CCc2c(cn(-c3ccccc3)c2/C=N\NC(N)=O)C1. The molecule has 0 atom stereocenters. The number of amides is 2. The second-order valence-corrected chi connectivity index (χ2v) is 5.39. The number of allylic oxidation sites excluding steroid dienone is 2. The summed E-state index contributed by atoms with van der Waals surface area (Å²) in [4.78, 5) is 10.8. The number of benzene rings is 1. The molecule has 1 aromatic carbocycles. The molecular formula is C17H18N4O. The molecule has 1 aromatic heterocycles. The Morgan fingerprint density at radius 1 is 1.36 bits per heavy atom. The summed E-state index contributed by atoms with van der Waals surface area (Å²) in [6, 6.07) is 9.41. The summed E-state index contributed by atoms with van der Waals surface area (Å²) in [5.74, 6) is 0. The molecule has 0 saturated heterocycles. The summed E-state index contributed by atoms with van der Waals surface area (Å²) in [7, 11) is 0. The Morgan fingerprint density at radius 2 is 2.14 bits per heavy atom. The van der Waals surface area contributed by atoms with Crippen LogP contribution in [0.25, 0.3) is 5.69 Å². The van der Waals surface area contributed by atoms with Crippen LogP contribution in [0.3, 0.4) is 0 Å². The molecule has 5 nitrogen and oxygen atoms in total. The Labute approximate surface area is 129 Å². The van der Waals surface area contributed by atoms with Crippen LogP contribution in [0, 0.1) is 0 Å². The average Bonchev–Trinajstić information content (AvgIpc) is 2.86. The number of urea groups is 1. The summed E-state index contributed by atoms with van der Waals surface area (Å²) in [6.07, 6.45) is 7.85. The number of hydrogen-bond acceptors (Lipinski definition) is 2. The summed E-state index contributed by atoms with van der Waals surface area (Å²) in [5.41, 5.74) is 13.3. The Bertz CT molecular complexity index is 756. The van der Waals surface area contributed by atoms with Crippen LogP contribution in [0.5, 0.6) is 0 Å². The second-order valence-electron chi connectivity index (χ2n) is 5.39. The van der Waals surface area contributed by atoms with E-state index in [9.17, 15) is 4.79 Å². The fourth-order valence-corrected chi connectivity index (χ4v) is 2.75. The molecule has 0 unspecified atom stereocenters.